The molecule has 0 spiro atoms. The summed E-state index contributed by atoms with van der Waals surface area (Å²) in [6.07, 6.45) is 0.0390. The zero-order valence-corrected chi connectivity index (χ0v) is 7.76. The van der Waals surface area contributed by atoms with Crippen LogP contribution in [0.2, 0.25) is 0 Å². The van der Waals surface area contributed by atoms with Crippen LogP contribution in [0.25, 0.3) is 0 Å². The van der Waals surface area contributed by atoms with Gasteiger partial charge < -0.3 is 5.11 Å². The number of rotatable bonds is 2. The van der Waals surface area contributed by atoms with E-state index in [1.165, 1.54) is 0 Å². The number of hydrogen-bond donors (Lipinski definition) is 1. The van der Waals surface area contributed by atoms with Gasteiger partial charge in [-0.3, -0.25) is 9.48 Å². The van der Waals surface area contributed by atoms with E-state index in [9.17, 15) is 4.79 Å². The van der Waals surface area contributed by atoms with Crippen LogP contribution in [0.3, 0.4) is 0 Å². The fourth-order valence-corrected chi connectivity index (χ4v) is 0.985. The van der Waals surface area contributed by atoms with E-state index in [4.69, 9.17) is 5.11 Å². The van der Waals surface area contributed by atoms with Crippen molar-refractivity contribution >= 4 is 18.4 Å². The van der Waals surface area contributed by atoms with Gasteiger partial charge in [-0.15, -0.1) is 12.4 Å². The molecule has 0 aromatic carbocycles. The molecule has 0 fully saturated rings. The first-order valence-electron chi connectivity index (χ1n) is 3.31. The Kier molecular flexibility index (Phi) is 3.76. The normalized spacial score (nSPS) is 9.17. The molecule has 5 heteroatoms. The molecule has 0 radical (unpaired) electrons. The van der Waals surface area contributed by atoms with E-state index < -0.39 is 5.97 Å². The van der Waals surface area contributed by atoms with Crippen LogP contribution in [0.5, 0.6) is 0 Å². The third-order valence-electron chi connectivity index (χ3n) is 1.43. The second-order valence-corrected chi connectivity index (χ2v) is 2.47. The summed E-state index contributed by atoms with van der Waals surface area (Å²) in [6.45, 7) is 1.84. The van der Waals surface area contributed by atoms with Crippen LogP contribution in [-0.4, -0.2) is 20.9 Å². The molecule has 1 heterocycles. The molecule has 1 aromatic rings. The van der Waals surface area contributed by atoms with Gasteiger partial charge in [0.25, 0.3) is 0 Å². The van der Waals surface area contributed by atoms with Crippen molar-refractivity contribution < 1.29 is 9.90 Å². The Morgan fingerprint density at radius 1 is 1.75 bits per heavy atom. The molecule has 1 aromatic heterocycles. The summed E-state index contributed by atoms with van der Waals surface area (Å²) < 4.78 is 1.59. The molecule has 1 N–H and O–H groups in total. The summed E-state index contributed by atoms with van der Waals surface area (Å²) in [7, 11) is 1.74. The Morgan fingerprint density at radius 3 is 2.67 bits per heavy atom. The Bertz CT molecular complexity index is 283. The predicted octanol–water partition coefficient (Wildman–Crippen LogP) is 0.777. The van der Waals surface area contributed by atoms with Gasteiger partial charge in [0.2, 0.25) is 0 Å². The molecular formula is C7H11ClN2O2. The number of hydrogen-bond acceptors (Lipinski definition) is 2. The van der Waals surface area contributed by atoms with E-state index in [2.05, 4.69) is 5.10 Å². The topological polar surface area (TPSA) is 55.1 Å². The average Bonchev–Trinajstić information content (AvgIpc) is 2.09. The molecule has 0 saturated carbocycles. The summed E-state index contributed by atoms with van der Waals surface area (Å²) in [5, 5.41) is 12.5. The first-order valence-corrected chi connectivity index (χ1v) is 3.31. The van der Waals surface area contributed by atoms with Crippen molar-refractivity contribution in [1.82, 2.24) is 9.78 Å². The maximum absolute atomic E-state index is 10.3. The molecule has 68 valence electrons. The zero-order valence-electron chi connectivity index (χ0n) is 6.94. The fraction of sp³-hybridized carbons (Fsp3) is 0.429. The lowest BCUT2D eigenvalue weighted by molar-refractivity contribution is -0.136. The van der Waals surface area contributed by atoms with Crippen molar-refractivity contribution in [2.75, 3.05) is 0 Å². The summed E-state index contributed by atoms with van der Waals surface area (Å²) in [5.41, 5.74) is 1.58. The lowest BCUT2D eigenvalue weighted by Crippen LogP contribution is -2.05. The highest BCUT2D eigenvalue weighted by Crippen LogP contribution is 2.01. The van der Waals surface area contributed by atoms with Crippen molar-refractivity contribution in [3.8, 4) is 0 Å². The summed E-state index contributed by atoms with van der Waals surface area (Å²) in [5.74, 6) is -0.826. The molecule has 1 rings (SSSR count). The van der Waals surface area contributed by atoms with Crippen LogP contribution in [0.15, 0.2) is 6.07 Å². The maximum atomic E-state index is 10.3. The van der Waals surface area contributed by atoms with Gasteiger partial charge in [-0.1, -0.05) is 0 Å². The number of aromatic nitrogens is 2. The molecule has 0 bridgehead atoms. The first kappa shape index (κ1) is 11.0. The Labute approximate surface area is 76.6 Å². The van der Waals surface area contributed by atoms with Crippen molar-refractivity contribution in [2.45, 2.75) is 13.3 Å². The smallest absolute Gasteiger partial charge is 0.309 e. The predicted molar refractivity (Wildman–Crippen MR) is 46.5 cm³/mol. The van der Waals surface area contributed by atoms with Crippen LogP contribution in [0.1, 0.15) is 11.4 Å². The molecule has 4 nitrogen and oxygen atoms in total. The Hall–Kier alpha value is -1.03. The number of halogens is 1. The minimum absolute atomic E-state index is 0. The summed E-state index contributed by atoms with van der Waals surface area (Å²) in [4.78, 5) is 10.3. The number of nitrogens with zero attached hydrogens (tertiary/aromatic N) is 2. The quantitative estimate of drug-likeness (QED) is 0.750. The van der Waals surface area contributed by atoms with Crippen LogP contribution < -0.4 is 0 Å². The van der Waals surface area contributed by atoms with Crippen molar-refractivity contribution in [3.05, 3.63) is 17.5 Å². The largest absolute Gasteiger partial charge is 0.481 e. The number of aryl methyl sites for hydroxylation is 2. The molecular weight excluding hydrogens is 180 g/mol. The lowest BCUT2D eigenvalue weighted by atomic mass is 10.3. The van der Waals surface area contributed by atoms with Gasteiger partial charge in [-0.2, -0.15) is 5.10 Å². The molecule has 0 unspecified atom stereocenters. The third kappa shape index (κ3) is 2.54. The summed E-state index contributed by atoms with van der Waals surface area (Å²) in [6, 6.07) is 1.77. The average molecular weight is 191 g/mol. The van der Waals surface area contributed by atoms with Crippen molar-refractivity contribution in [2.24, 2.45) is 7.05 Å². The van der Waals surface area contributed by atoms with Gasteiger partial charge in [0, 0.05) is 12.7 Å². The molecule has 0 amide bonds. The van der Waals surface area contributed by atoms with E-state index in [1.807, 2.05) is 6.92 Å². The number of carbonyl (C=O) groups is 1. The SMILES string of the molecule is Cc1cc(CC(=O)O)n(C)n1.Cl. The van der Waals surface area contributed by atoms with E-state index in [0.717, 1.165) is 11.4 Å². The Balaban J connectivity index is 0.00000121. The van der Waals surface area contributed by atoms with Gasteiger partial charge in [0.15, 0.2) is 0 Å². The van der Waals surface area contributed by atoms with Gasteiger partial charge in [0.05, 0.1) is 12.1 Å². The highest BCUT2D eigenvalue weighted by atomic mass is 35.5. The van der Waals surface area contributed by atoms with E-state index in [0.29, 0.717) is 0 Å². The summed E-state index contributed by atoms with van der Waals surface area (Å²) >= 11 is 0. The van der Waals surface area contributed by atoms with Gasteiger partial charge in [-0.25, -0.2) is 0 Å². The van der Waals surface area contributed by atoms with E-state index in [-0.39, 0.29) is 18.8 Å². The van der Waals surface area contributed by atoms with E-state index in [1.54, 1.807) is 17.8 Å². The lowest BCUT2D eigenvalue weighted by Gasteiger charge is -1.94. The molecule has 0 aliphatic carbocycles. The van der Waals surface area contributed by atoms with E-state index >= 15 is 0 Å². The second-order valence-electron chi connectivity index (χ2n) is 2.47. The van der Waals surface area contributed by atoms with Crippen molar-refractivity contribution in [3.63, 3.8) is 0 Å². The Morgan fingerprint density at radius 2 is 2.33 bits per heavy atom. The third-order valence-corrected chi connectivity index (χ3v) is 1.43. The van der Waals surface area contributed by atoms with Crippen LogP contribution in [0, 0.1) is 6.92 Å². The fourth-order valence-electron chi connectivity index (χ4n) is 0.985. The molecule has 0 aliphatic rings. The molecule has 0 saturated heterocycles. The second kappa shape index (κ2) is 4.11. The van der Waals surface area contributed by atoms with Gasteiger partial charge >= 0.3 is 5.97 Å². The zero-order chi connectivity index (χ0) is 8.43. The van der Waals surface area contributed by atoms with Gasteiger partial charge in [-0.05, 0) is 13.0 Å². The number of aliphatic carboxylic acids is 1. The number of carboxylic acids is 1. The van der Waals surface area contributed by atoms with Crippen LogP contribution in [-0.2, 0) is 18.3 Å². The van der Waals surface area contributed by atoms with Crippen molar-refractivity contribution in [1.29, 1.82) is 0 Å². The first-order chi connectivity index (χ1) is 5.09. The minimum Gasteiger partial charge on any atom is -0.481 e. The molecule has 0 atom stereocenters. The highest BCUT2D eigenvalue weighted by Gasteiger charge is 2.05. The molecule has 0 aliphatic heterocycles. The standard InChI is InChI=1S/C7H10N2O2.ClH/c1-5-3-6(4-7(10)11)9(2)8-5;/h3H,4H2,1-2H3,(H,10,11);1H. The molecule has 12 heavy (non-hydrogen) atoms. The highest BCUT2D eigenvalue weighted by molar-refractivity contribution is 5.85. The monoisotopic (exact) mass is 190 g/mol. The minimum atomic E-state index is -0.826. The maximum Gasteiger partial charge on any atom is 0.309 e. The number of carboxylic acid groups (broad SMARTS) is 1. The van der Waals surface area contributed by atoms with Gasteiger partial charge in [0.1, 0.15) is 0 Å². The van der Waals surface area contributed by atoms with Crippen LogP contribution in [0.4, 0.5) is 0 Å². The van der Waals surface area contributed by atoms with Crippen LogP contribution >= 0.6 is 12.4 Å².